The fourth-order valence-electron chi connectivity index (χ4n) is 2.53. The van der Waals surface area contributed by atoms with E-state index in [9.17, 15) is 4.79 Å². The lowest BCUT2D eigenvalue weighted by Crippen LogP contribution is -2.39. The summed E-state index contributed by atoms with van der Waals surface area (Å²) in [5.41, 5.74) is 6.69. The number of carbonyl (C=O) groups is 1. The molecule has 1 amide bonds. The van der Waals surface area contributed by atoms with E-state index >= 15 is 0 Å². The van der Waals surface area contributed by atoms with Crippen LogP contribution in [0.25, 0.3) is 0 Å². The predicted octanol–water partition coefficient (Wildman–Crippen LogP) is 1.99. The van der Waals surface area contributed by atoms with E-state index in [2.05, 4.69) is 17.4 Å². The first kappa shape index (κ1) is 11.7. The minimum Gasteiger partial charge on any atom is -0.348 e. The molecule has 0 radical (unpaired) electrons. The molecule has 2 aliphatic carbocycles. The van der Waals surface area contributed by atoms with Gasteiger partial charge in [-0.1, -0.05) is 30.3 Å². The summed E-state index contributed by atoms with van der Waals surface area (Å²) in [5.74, 6) is 0.774. The number of rotatable bonds is 5. The summed E-state index contributed by atoms with van der Waals surface area (Å²) in [6, 6.07) is 10.5. The van der Waals surface area contributed by atoms with E-state index in [1.54, 1.807) is 0 Å². The summed E-state index contributed by atoms with van der Waals surface area (Å²) in [7, 11) is 0. The quantitative estimate of drug-likeness (QED) is 0.832. The largest absolute Gasteiger partial charge is 0.348 e. The zero-order chi connectivity index (χ0) is 12.6. The predicted molar refractivity (Wildman–Crippen MR) is 70.8 cm³/mol. The highest BCUT2D eigenvalue weighted by atomic mass is 16.2. The molecular formula is C15H20N2O. The summed E-state index contributed by atoms with van der Waals surface area (Å²) < 4.78 is 0. The van der Waals surface area contributed by atoms with E-state index in [0.29, 0.717) is 12.5 Å². The Morgan fingerprint density at radius 2 is 2.00 bits per heavy atom. The van der Waals surface area contributed by atoms with Gasteiger partial charge in [-0.15, -0.1) is 0 Å². The molecule has 1 atom stereocenters. The third kappa shape index (κ3) is 2.15. The van der Waals surface area contributed by atoms with E-state index in [-0.39, 0.29) is 17.4 Å². The fourth-order valence-corrected chi connectivity index (χ4v) is 2.53. The van der Waals surface area contributed by atoms with E-state index in [1.165, 1.54) is 18.4 Å². The number of carbonyl (C=O) groups excluding carboxylic acids is 1. The molecule has 3 rings (SSSR count). The normalized spacial score (nSPS) is 22.3. The van der Waals surface area contributed by atoms with Crippen LogP contribution >= 0.6 is 0 Å². The van der Waals surface area contributed by atoms with Crippen molar-refractivity contribution in [3.8, 4) is 0 Å². The molecular weight excluding hydrogens is 224 g/mol. The summed E-state index contributed by atoms with van der Waals surface area (Å²) in [4.78, 5) is 12.3. The molecule has 1 aromatic rings. The van der Waals surface area contributed by atoms with Crippen LogP contribution in [0.5, 0.6) is 0 Å². The Kier molecular flexibility index (Phi) is 2.86. The lowest BCUT2D eigenvalue weighted by molar-refractivity contribution is -0.126. The standard InChI is InChI=1S/C15H20N2O/c16-10-15(8-9-15)14(18)17-13(12-6-7-12)11-4-2-1-3-5-11/h1-5,12-13H,6-10,16H2,(H,17,18). The molecule has 2 fully saturated rings. The van der Waals surface area contributed by atoms with E-state index < -0.39 is 0 Å². The monoisotopic (exact) mass is 244 g/mol. The van der Waals surface area contributed by atoms with E-state index in [4.69, 9.17) is 5.73 Å². The van der Waals surface area contributed by atoms with Gasteiger partial charge in [0.25, 0.3) is 0 Å². The SMILES string of the molecule is NCC1(C(=O)NC(c2ccccc2)C2CC2)CC1. The Morgan fingerprint density at radius 3 is 2.50 bits per heavy atom. The topological polar surface area (TPSA) is 55.1 Å². The maximum atomic E-state index is 12.3. The van der Waals surface area contributed by atoms with Crippen LogP contribution in [-0.2, 0) is 4.79 Å². The van der Waals surface area contributed by atoms with E-state index in [0.717, 1.165) is 12.8 Å². The van der Waals surface area contributed by atoms with Gasteiger partial charge in [-0.05, 0) is 37.2 Å². The highest BCUT2D eigenvalue weighted by Gasteiger charge is 2.49. The molecule has 0 saturated heterocycles. The van der Waals surface area contributed by atoms with Crippen molar-refractivity contribution in [2.45, 2.75) is 31.7 Å². The molecule has 1 aromatic carbocycles. The molecule has 2 aliphatic rings. The first-order chi connectivity index (χ1) is 8.75. The molecule has 0 aliphatic heterocycles. The van der Waals surface area contributed by atoms with Gasteiger partial charge in [0.15, 0.2) is 0 Å². The average molecular weight is 244 g/mol. The molecule has 3 N–H and O–H groups in total. The number of hydrogen-bond acceptors (Lipinski definition) is 2. The minimum atomic E-state index is -0.248. The Labute approximate surface area is 108 Å². The molecule has 1 unspecified atom stereocenters. The maximum absolute atomic E-state index is 12.3. The lowest BCUT2D eigenvalue weighted by Gasteiger charge is -2.22. The minimum absolute atomic E-state index is 0.158. The van der Waals surface area contributed by atoms with Gasteiger partial charge in [-0.25, -0.2) is 0 Å². The van der Waals surface area contributed by atoms with Crippen LogP contribution < -0.4 is 11.1 Å². The van der Waals surface area contributed by atoms with Crippen molar-refractivity contribution in [3.05, 3.63) is 35.9 Å². The highest BCUT2D eigenvalue weighted by molar-refractivity contribution is 5.86. The Balaban J connectivity index is 1.74. The molecule has 2 saturated carbocycles. The first-order valence-corrected chi connectivity index (χ1v) is 6.81. The van der Waals surface area contributed by atoms with Crippen LogP contribution in [0.3, 0.4) is 0 Å². The van der Waals surface area contributed by atoms with Crippen LogP contribution in [0, 0.1) is 11.3 Å². The Bertz CT molecular complexity index is 435. The second-order valence-electron chi connectivity index (χ2n) is 5.68. The molecule has 18 heavy (non-hydrogen) atoms. The molecule has 0 aromatic heterocycles. The molecule has 0 heterocycles. The molecule has 3 nitrogen and oxygen atoms in total. The van der Waals surface area contributed by atoms with Crippen molar-refractivity contribution >= 4 is 5.91 Å². The smallest absolute Gasteiger partial charge is 0.227 e. The second-order valence-corrected chi connectivity index (χ2v) is 5.68. The molecule has 0 spiro atoms. The van der Waals surface area contributed by atoms with Crippen molar-refractivity contribution in [3.63, 3.8) is 0 Å². The van der Waals surface area contributed by atoms with Crippen molar-refractivity contribution in [2.24, 2.45) is 17.1 Å². The van der Waals surface area contributed by atoms with Gasteiger partial charge in [0.2, 0.25) is 5.91 Å². The fraction of sp³-hybridized carbons (Fsp3) is 0.533. The van der Waals surface area contributed by atoms with Gasteiger partial charge in [0.05, 0.1) is 11.5 Å². The van der Waals surface area contributed by atoms with Gasteiger partial charge in [0, 0.05) is 6.54 Å². The van der Waals surface area contributed by atoms with Crippen molar-refractivity contribution in [1.29, 1.82) is 0 Å². The third-order valence-corrected chi connectivity index (χ3v) is 4.26. The maximum Gasteiger partial charge on any atom is 0.227 e. The zero-order valence-electron chi connectivity index (χ0n) is 10.6. The van der Waals surface area contributed by atoms with Crippen LogP contribution in [0.4, 0.5) is 0 Å². The van der Waals surface area contributed by atoms with Gasteiger partial charge in [-0.3, -0.25) is 4.79 Å². The van der Waals surface area contributed by atoms with Crippen LogP contribution in [0.15, 0.2) is 30.3 Å². The number of benzene rings is 1. The first-order valence-electron chi connectivity index (χ1n) is 6.81. The van der Waals surface area contributed by atoms with Crippen LogP contribution in [0.1, 0.15) is 37.3 Å². The summed E-state index contributed by atoms with van der Waals surface area (Å²) in [5, 5.41) is 3.23. The van der Waals surface area contributed by atoms with Gasteiger partial charge < -0.3 is 11.1 Å². The average Bonchev–Trinajstić information content (AvgIpc) is 3.30. The number of amides is 1. The number of nitrogens with two attached hydrogens (primary N) is 1. The summed E-state index contributed by atoms with van der Waals surface area (Å²) in [6.07, 6.45) is 4.33. The summed E-state index contributed by atoms with van der Waals surface area (Å²) in [6.45, 7) is 0.477. The van der Waals surface area contributed by atoms with Gasteiger partial charge in [-0.2, -0.15) is 0 Å². The molecule has 3 heteroatoms. The summed E-state index contributed by atoms with van der Waals surface area (Å²) >= 11 is 0. The van der Waals surface area contributed by atoms with Crippen molar-refractivity contribution < 1.29 is 4.79 Å². The highest BCUT2D eigenvalue weighted by Crippen LogP contribution is 2.47. The number of hydrogen-bond donors (Lipinski definition) is 2. The van der Waals surface area contributed by atoms with Gasteiger partial charge >= 0.3 is 0 Å². The Hall–Kier alpha value is -1.35. The van der Waals surface area contributed by atoms with Crippen molar-refractivity contribution in [1.82, 2.24) is 5.32 Å². The van der Waals surface area contributed by atoms with Crippen LogP contribution in [-0.4, -0.2) is 12.5 Å². The van der Waals surface area contributed by atoms with E-state index in [1.807, 2.05) is 18.2 Å². The third-order valence-electron chi connectivity index (χ3n) is 4.26. The van der Waals surface area contributed by atoms with Crippen LogP contribution in [0.2, 0.25) is 0 Å². The second kappa shape index (κ2) is 4.39. The van der Waals surface area contributed by atoms with Gasteiger partial charge in [0.1, 0.15) is 0 Å². The molecule has 96 valence electrons. The Morgan fingerprint density at radius 1 is 1.33 bits per heavy atom. The lowest BCUT2D eigenvalue weighted by atomic mass is 10.00. The molecule has 0 bridgehead atoms. The zero-order valence-corrected chi connectivity index (χ0v) is 10.6. The van der Waals surface area contributed by atoms with Crippen molar-refractivity contribution in [2.75, 3.05) is 6.54 Å². The number of nitrogens with one attached hydrogen (secondary N) is 1.